The number of hydrogen-bond donors (Lipinski definition) is 1. The van der Waals surface area contributed by atoms with Crippen molar-refractivity contribution in [2.45, 2.75) is 20.8 Å². The van der Waals surface area contributed by atoms with E-state index in [0.717, 1.165) is 34.1 Å². The van der Waals surface area contributed by atoms with Gasteiger partial charge in [0.05, 0.1) is 0 Å². The lowest BCUT2D eigenvalue weighted by molar-refractivity contribution is 0.112. The lowest BCUT2D eigenvalue weighted by Gasteiger charge is -2.14. The van der Waals surface area contributed by atoms with Crippen molar-refractivity contribution in [3.8, 4) is 16.9 Å². The highest BCUT2D eigenvalue weighted by molar-refractivity contribution is 5.84. The number of carbonyl (C=O) groups is 1. The lowest BCUT2D eigenvalue weighted by atomic mass is 9.90. The zero-order chi connectivity index (χ0) is 13.3. The van der Waals surface area contributed by atoms with E-state index in [4.69, 9.17) is 0 Å². The molecule has 2 nitrogen and oxygen atoms in total. The van der Waals surface area contributed by atoms with Gasteiger partial charge in [-0.2, -0.15) is 0 Å². The van der Waals surface area contributed by atoms with E-state index in [1.165, 1.54) is 0 Å². The molecule has 0 aliphatic carbocycles. The van der Waals surface area contributed by atoms with Crippen molar-refractivity contribution < 1.29 is 9.90 Å². The number of phenols is 1. The highest BCUT2D eigenvalue weighted by Crippen LogP contribution is 2.33. The van der Waals surface area contributed by atoms with Crippen molar-refractivity contribution in [3.63, 3.8) is 0 Å². The SMILES string of the molecule is Cc1cc(O)cc(C)c1-c1cccc(C=O)c1C. The minimum atomic E-state index is 0.276. The van der Waals surface area contributed by atoms with Gasteiger partial charge in [-0.05, 0) is 60.7 Å². The molecule has 0 amide bonds. The third-order valence-electron chi connectivity index (χ3n) is 3.29. The van der Waals surface area contributed by atoms with Crippen molar-refractivity contribution >= 4 is 6.29 Å². The first-order valence-electron chi connectivity index (χ1n) is 5.90. The maximum atomic E-state index is 11.0. The van der Waals surface area contributed by atoms with Crippen molar-refractivity contribution in [1.82, 2.24) is 0 Å². The van der Waals surface area contributed by atoms with Gasteiger partial charge in [0.1, 0.15) is 12.0 Å². The van der Waals surface area contributed by atoms with Crippen molar-refractivity contribution in [3.05, 3.63) is 52.6 Å². The summed E-state index contributed by atoms with van der Waals surface area (Å²) in [6, 6.07) is 9.20. The van der Waals surface area contributed by atoms with Crippen molar-refractivity contribution in [2.75, 3.05) is 0 Å². The molecule has 0 spiro atoms. The maximum absolute atomic E-state index is 11.0. The third-order valence-corrected chi connectivity index (χ3v) is 3.29. The molecule has 0 fully saturated rings. The first-order chi connectivity index (χ1) is 8.54. The van der Waals surface area contributed by atoms with E-state index in [-0.39, 0.29) is 5.75 Å². The molecule has 92 valence electrons. The van der Waals surface area contributed by atoms with E-state index in [1.807, 2.05) is 39.0 Å². The highest BCUT2D eigenvalue weighted by Gasteiger charge is 2.11. The van der Waals surface area contributed by atoms with Crippen LogP contribution >= 0.6 is 0 Å². The number of rotatable bonds is 2. The van der Waals surface area contributed by atoms with Crippen LogP contribution in [0.1, 0.15) is 27.0 Å². The second kappa shape index (κ2) is 4.65. The van der Waals surface area contributed by atoms with Crippen LogP contribution in [0.2, 0.25) is 0 Å². The molecule has 0 heterocycles. The van der Waals surface area contributed by atoms with Crippen molar-refractivity contribution in [2.24, 2.45) is 0 Å². The minimum Gasteiger partial charge on any atom is -0.508 e. The number of hydrogen-bond acceptors (Lipinski definition) is 2. The second-order valence-electron chi connectivity index (χ2n) is 4.59. The van der Waals surface area contributed by atoms with Crippen LogP contribution in [0.25, 0.3) is 11.1 Å². The Bertz CT molecular complexity index is 589. The van der Waals surface area contributed by atoms with E-state index < -0.39 is 0 Å². The predicted octanol–water partition coefficient (Wildman–Crippen LogP) is 3.80. The van der Waals surface area contributed by atoms with Gasteiger partial charge in [-0.25, -0.2) is 0 Å². The molecule has 0 aliphatic heterocycles. The molecule has 0 aliphatic rings. The van der Waals surface area contributed by atoms with E-state index in [2.05, 4.69) is 0 Å². The van der Waals surface area contributed by atoms with Crippen LogP contribution in [0.4, 0.5) is 0 Å². The molecule has 1 N–H and O–H groups in total. The van der Waals surface area contributed by atoms with Crippen LogP contribution < -0.4 is 0 Å². The number of carbonyl (C=O) groups excluding carboxylic acids is 1. The average molecular weight is 240 g/mol. The van der Waals surface area contributed by atoms with Crippen LogP contribution in [0.3, 0.4) is 0 Å². The van der Waals surface area contributed by atoms with E-state index >= 15 is 0 Å². The van der Waals surface area contributed by atoms with Gasteiger partial charge in [0.2, 0.25) is 0 Å². The number of benzene rings is 2. The van der Waals surface area contributed by atoms with Gasteiger partial charge in [0.15, 0.2) is 0 Å². The van der Waals surface area contributed by atoms with Gasteiger partial charge in [-0.15, -0.1) is 0 Å². The number of aldehydes is 1. The van der Waals surface area contributed by atoms with E-state index in [9.17, 15) is 9.90 Å². The summed E-state index contributed by atoms with van der Waals surface area (Å²) < 4.78 is 0. The Morgan fingerprint density at radius 1 is 1.06 bits per heavy atom. The fraction of sp³-hybridized carbons (Fsp3) is 0.188. The molecule has 2 aromatic rings. The standard InChI is InChI=1S/C16H16O2/c1-10-7-14(18)8-11(2)16(10)15-6-4-5-13(9-17)12(15)3/h4-9,18H,1-3H3. The zero-order valence-electron chi connectivity index (χ0n) is 10.8. The Kier molecular flexibility index (Phi) is 3.19. The summed E-state index contributed by atoms with van der Waals surface area (Å²) in [5.74, 6) is 0.276. The van der Waals surface area contributed by atoms with Gasteiger partial charge in [0.25, 0.3) is 0 Å². The number of aromatic hydroxyl groups is 1. The largest absolute Gasteiger partial charge is 0.508 e. The quantitative estimate of drug-likeness (QED) is 0.811. The molecule has 0 saturated heterocycles. The molecule has 2 heteroatoms. The molecular formula is C16H16O2. The summed E-state index contributed by atoms with van der Waals surface area (Å²) >= 11 is 0. The normalized spacial score (nSPS) is 10.4. The van der Waals surface area contributed by atoms with Gasteiger partial charge in [0, 0.05) is 5.56 Å². The first kappa shape index (κ1) is 12.4. The Morgan fingerprint density at radius 3 is 2.22 bits per heavy atom. The summed E-state index contributed by atoms with van der Waals surface area (Å²) in [4.78, 5) is 11.0. The summed E-state index contributed by atoms with van der Waals surface area (Å²) in [6.07, 6.45) is 0.879. The molecule has 0 atom stereocenters. The minimum absolute atomic E-state index is 0.276. The monoisotopic (exact) mass is 240 g/mol. The average Bonchev–Trinajstić information content (AvgIpc) is 2.30. The summed E-state index contributed by atoms with van der Waals surface area (Å²) in [6.45, 7) is 5.88. The Morgan fingerprint density at radius 2 is 1.67 bits per heavy atom. The topological polar surface area (TPSA) is 37.3 Å². The van der Waals surface area contributed by atoms with Crippen LogP contribution in [0.5, 0.6) is 5.75 Å². The lowest BCUT2D eigenvalue weighted by Crippen LogP contribution is -1.94. The van der Waals surface area contributed by atoms with Gasteiger partial charge in [-0.1, -0.05) is 18.2 Å². The van der Waals surface area contributed by atoms with Gasteiger partial charge in [-0.3, -0.25) is 4.79 Å². The molecule has 0 aromatic heterocycles. The summed E-state index contributed by atoms with van der Waals surface area (Å²) in [5, 5.41) is 9.58. The third kappa shape index (κ3) is 2.02. The zero-order valence-corrected chi connectivity index (χ0v) is 10.8. The molecule has 0 saturated carbocycles. The summed E-state index contributed by atoms with van der Waals surface area (Å²) in [5.41, 5.74) is 5.85. The predicted molar refractivity (Wildman–Crippen MR) is 73.1 cm³/mol. The summed E-state index contributed by atoms with van der Waals surface area (Å²) in [7, 11) is 0. The molecule has 2 rings (SSSR count). The van der Waals surface area contributed by atoms with Gasteiger partial charge >= 0.3 is 0 Å². The van der Waals surface area contributed by atoms with Crippen LogP contribution in [0.15, 0.2) is 30.3 Å². The number of aryl methyl sites for hydroxylation is 2. The van der Waals surface area contributed by atoms with E-state index in [0.29, 0.717) is 5.56 Å². The fourth-order valence-corrected chi connectivity index (χ4v) is 2.42. The smallest absolute Gasteiger partial charge is 0.150 e. The fourth-order valence-electron chi connectivity index (χ4n) is 2.42. The van der Waals surface area contributed by atoms with E-state index in [1.54, 1.807) is 12.1 Å². The van der Waals surface area contributed by atoms with Crippen LogP contribution in [0, 0.1) is 20.8 Å². The molecule has 0 unspecified atom stereocenters. The van der Waals surface area contributed by atoms with Crippen LogP contribution in [-0.2, 0) is 0 Å². The molecule has 0 radical (unpaired) electrons. The first-order valence-corrected chi connectivity index (χ1v) is 5.90. The van der Waals surface area contributed by atoms with Gasteiger partial charge < -0.3 is 5.11 Å². The van der Waals surface area contributed by atoms with Crippen molar-refractivity contribution in [1.29, 1.82) is 0 Å². The molecular weight excluding hydrogens is 224 g/mol. The molecule has 18 heavy (non-hydrogen) atoms. The Hall–Kier alpha value is -2.09. The molecule has 0 bridgehead atoms. The maximum Gasteiger partial charge on any atom is 0.150 e. The van der Waals surface area contributed by atoms with Crippen LogP contribution in [-0.4, -0.2) is 11.4 Å². The second-order valence-corrected chi connectivity index (χ2v) is 4.59. The molecule has 2 aromatic carbocycles. The Balaban J connectivity index is 2.73. The highest BCUT2D eigenvalue weighted by atomic mass is 16.3. The number of phenolic OH excluding ortho intramolecular Hbond substituents is 1. The Labute approximate surface area is 107 Å².